The second kappa shape index (κ2) is 11.6. The van der Waals surface area contributed by atoms with E-state index in [-0.39, 0.29) is 17.9 Å². The zero-order chi connectivity index (χ0) is 20.4. The van der Waals surface area contributed by atoms with Crippen LogP contribution >= 0.6 is 0 Å². The van der Waals surface area contributed by atoms with E-state index in [2.05, 4.69) is 6.92 Å². The fourth-order valence-corrected chi connectivity index (χ4v) is 3.39. The molecule has 0 heterocycles. The highest BCUT2D eigenvalue weighted by molar-refractivity contribution is 5.22. The minimum atomic E-state index is -1.78. The molecular weight excluding hydrogens is 360 g/mol. The molecule has 27 heavy (non-hydrogen) atoms. The molecule has 156 valence electrons. The molecule has 1 unspecified atom stereocenters. The van der Waals surface area contributed by atoms with E-state index in [0.717, 1.165) is 31.7 Å². The molecule has 0 aliphatic rings. The van der Waals surface area contributed by atoms with E-state index in [1.165, 1.54) is 33.5 Å². The summed E-state index contributed by atoms with van der Waals surface area (Å²) in [4.78, 5) is 0. The molecule has 0 aliphatic heterocycles. The summed E-state index contributed by atoms with van der Waals surface area (Å²) >= 11 is 0. The van der Waals surface area contributed by atoms with E-state index in [1.807, 2.05) is 0 Å². The Bertz CT molecular complexity index is 574. The van der Waals surface area contributed by atoms with Crippen LogP contribution in [0.25, 0.3) is 0 Å². The Kier molecular flexibility index (Phi) is 10.3. The van der Waals surface area contributed by atoms with Crippen LogP contribution in [0.5, 0.6) is 0 Å². The first-order valence-electron chi connectivity index (χ1n) is 9.72. The molecule has 2 nitrogen and oxygen atoms in total. The molecule has 0 fully saturated rings. The summed E-state index contributed by atoms with van der Waals surface area (Å²) in [7, 11) is 3.07. The molecule has 0 bridgehead atoms. The van der Waals surface area contributed by atoms with Crippen LogP contribution in [0, 0.1) is 29.2 Å². The molecular formula is C21H32F4O2. The number of rotatable bonds is 13. The van der Waals surface area contributed by atoms with Crippen LogP contribution in [0.2, 0.25) is 0 Å². The molecule has 0 radical (unpaired) electrons. The first-order chi connectivity index (χ1) is 12.8. The van der Waals surface area contributed by atoms with Gasteiger partial charge in [0, 0.05) is 20.1 Å². The van der Waals surface area contributed by atoms with Crippen molar-refractivity contribution >= 4 is 0 Å². The van der Waals surface area contributed by atoms with E-state index in [4.69, 9.17) is 9.47 Å². The lowest BCUT2D eigenvalue weighted by Gasteiger charge is -2.35. The number of aryl methyl sites for hydroxylation is 1. The van der Waals surface area contributed by atoms with E-state index in [0.29, 0.717) is 6.42 Å². The van der Waals surface area contributed by atoms with Crippen molar-refractivity contribution in [2.75, 3.05) is 14.2 Å². The molecule has 1 aromatic rings. The number of ether oxygens (including phenoxy) is 2. The standard InChI is InChI=1S/C21H32F4O2/c1-5-6-7-8-9-10-11-16(21(2,26-3)27-4)13-12-15-14-17(22)19(24)20(25)18(15)23/h14,16H,5-13H2,1-4H3. The van der Waals surface area contributed by atoms with Gasteiger partial charge in [0.1, 0.15) is 0 Å². The summed E-state index contributed by atoms with van der Waals surface area (Å²) in [5.41, 5.74) is -0.172. The van der Waals surface area contributed by atoms with Crippen molar-refractivity contribution in [3.05, 3.63) is 34.9 Å². The summed E-state index contributed by atoms with van der Waals surface area (Å²) in [6, 6.07) is 0.729. The summed E-state index contributed by atoms with van der Waals surface area (Å²) < 4.78 is 65.0. The molecule has 0 amide bonds. The zero-order valence-electron chi connectivity index (χ0n) is 16.8. The second-order valence-electron chi connectivity index (χ2n) is 7.18. The first-order valence-corrected chi connectivity index (χ1v) is 9.72. The van der Waals surface area contributed by atoms with Crippen molar-refractivity contribution in [2.45, 2.75) is 77.4 Å². The first kappa shape index (κ1) is 23.9. The lowest BCUT2D eigenvalue weighted by Crippen LogP contribution is -2.39. The minimum Gasteiger partial charge on any atom is -0.353 e. The van der Waals surface area contributed by atoms with Gasteiger partial charge in [-0.25, -0.2) is 17.6 Å². The van der Waals surface area contributed by atoms with Crippen LogP contribution in [0.15, 0.2) is 6.07 Å². The van der Waals surface area contributed by atoms with Gasteiger partial charge < -0.3 is 9.47 Å². The van der Waals surface area contributed by atoms with Gasteiger partial charge in [0.15, 0.2) is 29.1 Å². The van der Waals surface area contributed by atoms with Crippen LogP contribution in [-0.2, 0) is 15.9 Å². The number of benzene rings is 1. The van der Waals surface area contributed by atoms with Gasteiger partial charge in [-0.3, -0.25) is 0 Å². The van der Waals surface area contributed by atoms with Gasteiger partial charge in [-0.2, -0.15) is 0 Å². The van der Waals surface area contributed by atoms with E-state index in [9.17, 15) is 17.6 Å². The molecule has 0 spiro atoms. The maximum atomic E-state index is 13.9. The van der Waals surface area contributed by atoms with Crippen LogP contribution in [-0.4, -0.2) is 20.0 Å². The monoisotopic (exact) mass is 392 g/mol. The number of methoxy groups -OCH3 is 2. The van der Waals surface area contributed by atoms with Crippen molar-refractivity contribution in [1.29, 1.82) is 0 Å². The average molecular weight is 392 g/mol. The Morgan fingerprint density at radius 1 is 0.852 bits per heavy atom. The van der Waals surface area contributed by atoms with Gasteiger partial charge in [0.25, 0.3) is 0 Å². The van der Waals surface area contributed by atoms with Crippen LogP contribution in [0.1, 0.15) is 70.8 Å². The molecule has 0 aliphatic carbocycles. The average Bonchev–Trinajstić information content (AvgIpc) is 2.68. The topological polar surface area (TPSA) is 18.5 Å². The molecule has 0 saturated heterocycles. The van der Waals surface area contributed by atoms with Crippen LogP contribution in [0.4, 0.5) is 17.6 Å². The smallest absolute Gasteiger partial charge is 0.197 e. The predicted octanol–water partition coefficient (Wildman–Crippen LogP) is 6.55. The van der Waals surface area contributed by atoms with Crippen LogP contribution in [0.3, 0.4) is 0 Å². The van der Waals surface area contributed by atoms with Crippen molar-refractivity contribution in [2.24, 2.45) is 5.92 Å². The van der Waals surface area contributed by atoms with E-state index in [1.54, 1.807) is 6.92 Å². The second-order valence-corrected chi connectivity index (χ2v) is 7.18. The van der Waals surface area contributed by atoms with Gasteiger partial charge in [0.2, 0.25) is 0 Å². The largest absolute Gasteiger partial charge is 0.353 e. The Morgan fingerprint density at radius 3 is 2.04 bits per heavy atom. The Morgan fingerprint density at radius 2 is 1.44 bits per heavy atom. The fraction of sp³-hybridized carbons (Fsp3) is 0.714. The minimum absolute atomic E-state index is 0.0722. The Labute approximate surface area is 160 Å². The molecule has 1 atom stereocenters. The van der Waals surface area contributed by atoms with Gasteiger partial charge in [0.05, 0.1) is 0 Å². The maximum Gasteiger partial charge on any atom is 0.197 e. The van der Waals surface area contributed by atoms with Gasteiger partial charge in [-0.05, 0) is 37.8 Å². The van der Waals surface area contributed by atoms with Gasteiger partial charge >= 0.3 is 0 Å². The van der Waals surface area contributed by atoms with Crippen LogP contribution < -0.4 is 0 Å². The molecule has 6 heteroatoms. The third kappa shape index (κ3) is 6.75. The highest BCUT2D eigenvalue weighted by Gasteiger charge is 2.34. The quantitative estimate of drug-likeness (QED) is 0.125. The van der Waals surface area contributed by atoms with Crippen molar-refractivity contribution in [3.63, 3.8) is 0 Å². The lowest BCUT2D eigenvalue weighted by molar-refractivity contribution is -0.229. The molecule has 0 saturated carbocycles. The number of hydrogen-bond acceptors (Lipinski definition) is 2. The van der Waals surface area contributed by atoms with E-state index < -0.39 is 29.1 Å². The summed E-state index contributed by atoms with van der Waals surface area (Å²) in [5.74, 6) is -7.22. The van der Waals surface area contributed by atoms with Gasteiger partial charge in [-0.1, -0.05) is 45.4 Å². The van der Waals surface area contributed by atoms with Crippen molar-refractivity contribution in [3.8, 4) is 0 Å². The van der Waals surface area contributed by atoms with Gasteiger partial charge in [-0.15, -0.1) is 0 Å². The summed E-state index contributed by atoms with van der Waals surface area (Å²) in [5, 5.41) is 0. The molecule has 1 rings (SSSR count). The Hall–Kier alpha value is -1.14. The predicted molar refractivity (Wildman–Crippen MR) is 98.5 cm³/mol. The van der Waals surface area contributed by atoms with Crippen molar-refractivity contribution in [1.82, 2.24) is 0 Å². The lowest BCUT2D eigenvalue weighted by atomic mass is 9.87. The number of unbranched alkanes of at least 4 members (excludes halogenated alkanes) is 5. The summed E-state index contributed by atoms with van der Waals surface area (Å²) in [6.45, 7) is 3.97. The maximum absolute atomic E-state index is 13.9. The zero-order valence-corrected chi connectivity index (χ0v) is 16.8. The molecule has 0 N–H and O–H groups in total. The fourth-order valence-electron chi connectivity index (χ4n) is 3.39. The highest BCUT2D eigenvalue weighted by atomic mass is 19.2. The molecule has 0 aromatic heterocycles. The normalized spacial score (nSPS) is 13.2. The molecule has 1 aromatic carbocycles. The third-order valence-electron chi connectivity index (χ3n) is 5.40. The Balaban J connectivity index is 2.77. The SMILES string of the molecule is CCCCCCCCC(CCc1cc(F)c(F)c(F)c1F)C(C)(OC)OC. The highest BCUT2D eigenvalue weighted by Crippen LogP contribution is 2.32. The van der Waals surface area contributed by atoms with E-state index >= 15 is 0 Å². The number of halogens is 4. The van der Waals surface area contributed by atoms with Crippen molar-refractivity contribution < 1.29 is 27.0 Å². The summed E-state index contributed by atoms with van der Waals surface area (Å²) in [6.07, 6.45) is 8.07. The number of hydrogen-bond donors (Lipinski definition) is 0. The third-order valence-corrected chi connectivity index (χ3v) is 5.40.